The first-order valence-corrected chi connectivity index (χ1v) is 9.10. The average Bonchev–Trinajstić information content (AvgIpc) is 3.16. The SMILES string of the molecule is C=CN=C(Cc1ccc(F)cc1)/C([CH2-])=C(\C)C[CH2-].O=[C-]CC1CCCC1.[K+]. The molecule has 1 aromatic rings. The fourth-order valence-corrected chi connectivity index (χ4v) is 2.87. The van der Waals surface area contributed by atoms with Crippen LogP contribution in [0.2, 0.25) is 0 Å². The molecule has 1 aliphatic carbocycles. The second-order valence-corrected chi connectivity index (χ2v) is 6.57. The molecule has 2 nitrogen and oxygen atoms in total. The van der Waals surface area contributed by atoms with Crippen molar-refractivity contribution in [1.29, 1.82) is 0 Å². The summed E-state index contributed by atoms with van der Waals surface area (Å²) in [6, 6.07) is 6.39. The Hall–Kier alpha value is -0.524. The minimum Gasteiger partial charge on any atom is -0.542 e. The Morgan fingerprint density at radius 1 is 1.33 bits per heavy atom. The van der Waals surface area contributed by atoms with E-state index in [0.717, 1.165) is 22.4 Å². The summed E-state index contributed by atoms with van der Waals surface area (Å²) in [5.74, 6) is 0.452. The Labute approximate surface area is 206 Å². The first-order valence-electron chi connectivity index (χ1n) is 9.10. The molecule has 0 aliphatic heterocycles. The van der Waals surface area contributed by atoms with E-state index >= 15 is 0 Å². The molecule has 0 radical (unpaired) electrons. The van der Waals surface area contributed by atoms with Crippen molar-refractivity contribution >= 4 is 12.0 Å². The van der Waals surface area contributed by atoms with E-state index in [1.807, 2.05) is 13.2 Å². The number of carbonyl (C=O) groups excluding carboxylic acids is 1. The minimum absolute atomic E-state index is 0. The molecule has 4 heteroatoms. The topological polar surface area (TPSA) is 29.4 Å². The Morgan fingerprint density at radius 3 is 2.41 bits per heavy atom. The predicted molar refractivity (Wildman–Crippen MR) is 108 cm³/mol. The molecular formula is C23H29FKNO-2. The normalized spacial score (nSPS) is 15.1. The Kier molecular flexibility index (Phi) is 15.1. The van der Waals surface area contributed by atoms with Crippen molar-refractivity contribution in [2.45, 2.75) is 51.9 Å². The van der Waals surface area contributed by atoms with Gasteiger partial charge in [0.05, 0.1) is 0 Å². The van der Waals surface area contributed by atoms with Crippen molar-refractivity contribution in [3.8, 4) is 0 Å². The molecule has 0 unspecified atom stereocenters. The summed E-state index contributed by atoms with van der Waals surface area (Å²) in [4.78, 5) is 14.1. The number of benzene rings is 1. The second kappa shape index (κ2) is 15.4. The van der Waals surface area contributed by atoms with Gasteiger partial charge in [-0.25, -0.2) is 16.4 Å². The summed E-state index contributed by atoms with van der Waals surface area (Å²) in [6.07, 6.45) is 10.6. The van der Waals surface area contributed by atoms with Crippen molar-refractivity contribution in [2.24, 2.45) is 10.9 Å². The van der Waals surface area contributed by atoms with Gasteiger partial charge in [-0.2, -0.15) is 12.5 Å². The molecular weight excluding hydrogens is 364 g/mol. The molecule has 0 heterocycles. The van der Waals surface area contributed by atoms with E-state index in [9.17, 15) is 9.18 Å². The third kappa shape index (κ3) is 10.6. The van der Waals surface area contributed by atoms with Crippen LogP contribution in [-0.2, 0) is 11.2 Å². The molecule has 2 rings (SSSR count). The molecule has 0 N–H and O–H groups in total. The van der Waals surface area contributed by atoms with Crippen LogP contribution in [0.3, 0.4) is 0 Å². The van der Waals surface area contributed by atoms with Crippen LogP contribution < -0.4 is 51.4 Å². The van der Waals surface area contributed by atoms with E-state index in [4.69, 9.17) is 0 Å². The van der Waals surface area contributed by atoms with Crippen molar-refractivity contribution in [2.75, 3.05) is 0 Å². The summed E-state index contributed by atoms with van der Waals surface area (Å²) >= 11 is 0. The maximum absolute atomic E-state index is 12.8. The van der Waals surface area contributed by atoms with Gasteiger partial charge in [-0.3, -0.25) is 6.29 Å². The van der Waals surface area contributed by atoms with Gasteiger partial charge < -0.3 is 16.7 Å². The third-order valence-corrected chi connectivity index (χ3v) is 4.62. The smallest absolute Gasteiger partial charge is 0.542 e. The number of aliphatic imine (C=N–C) groups is 1. The standard InChI is InChI=1S/C16H18FN.C7H11O.K/c1-5-12(3)13(4)16(18-6-2)11-14-7-9-15(17)10-8-14;8-6-5-7-3-1-2-4-7;/h6-10H,1-2,4-5,11H2,3H3;7H,1-5H2;/q-2;-1;+1/b13-12+,18-16?;;. The van der Waals surface area contributed by atoms with Gasteiger partial charge in [0.25, 0.3) is 0 Å². The van der Waals surface area contributed by atoms with Gasteiger partial charge in [-0.15, -0.1) is 6.42 Å². The fraction of sp³-hybridized carbons (Fsp3) is 0.391. The molecule has 0 saturated heterocycles. The average molecular weight is 394 g/mol. The molecule has 27 heavy (non-hydrogen) atoms. The van der Waals surface area contributed by atoms with Crippen molar-refractivity contribution in [3.05, 3.63) is 73.4 Å². The molecule has 142 valence electrons. The number of hydrogen-bond donors (Lipinski definition) is 0. The number of hydrogen-bond acceptors (Lipinski definition) is 2. The first kappa shape index (κ1) is 26.5. The van der Waals surface area contributed by atoms with Crippen LogP contribution in [0.15, 0.2) is 53.2 Å². The summed E-state index contributed by atoms with van der Waals surface area (Å²) in [6.45, 7) is 13.5. The van der Waals surface area contributed by atoms with E-state index < -0.39 is 0 Å². The van der Waals surface area contributed by atoms with Crippen LogP contribution in [0.5, 0.6) is 0 Å². The van der Waals surface area contributed by atoms with E-state index in [2.05, 4.69) is 25.4 Å². The Bertz CT molecular complexity index is 628. The van der Waals surface area contributed by atoms with Gasteiger partial charge in [0.1, 0.15) is 5.82 Å². The molecule has 0 atom stereocenters. The monoisotopic (exact) mass is 393 g/mol. The summed E-state index contributed by atoms with van der Waals surface area (Å²) in [5, 5.41) is 0. The quantitative estimate of drug-likeness (QED) is 0.398. The molecule has 1 saturated carbocycles. The van der Waals surface area contributed by atoms with Gasteiger partial charge in [0.15, 0.2) is 0 Å². The largest absolute Gasteiger partial charge is 1.00 e. The van der Waals surface area contributed by atoms with Gasteiger partial charge in [-0.05, 0) is 18.6 Å². The van der Waals surface area contributed by atoms with E-state index in [1.165, 1.54) is 44.0 Å². The van der Waals surface area contributed by atoms with Crippen LogP contribution in [-0.4, -0.2) is 12.0 Å². The number of halogens is 1. The Morgan fingerprint density at radius 2 is 1.93 bits per heavy atom. The predicted octanol–water partition coefficient (Wildman–Crippen LogP) is 3.01. The van der Waals surface area contributed by atoms with Crippen LogP contribution >= 0.6 is 0 Å². The first-order chi connectivity index (χ1) is 12.5. The number of allylic oxidation sites excluding steroid dienone is 2. The number of rotatable bonds is 7. The van der Waals surface area contributed by atoms with Crippen molar-refractivity contribution < 1.29 is 60.6 Å². The summed E-state index contributed by atoms with van der Waals surface area (Å²) in [5.41, 5.74) is 3.82. The zero-order valence-corrected chi connectivity index (χ0v) is 19.9. The fourth-order valence-electron chi connectivity index (χ4n) is 2.87. The maximum atomic E-state index is 12.8. The second-order valence-electron chi connectivity index (χ2n) is 6.57. The van der Waals surface area contributed by atoms with Crippen LogP contribution in [0.25, 0.3) is 0 Å². The number of nitrogens with zero attached hydrogens (tertiary/aromatic N) is 1. The van der Waals surface area contributed by atoms with Gasteiger partial charge in [0.2, 0.25) is 0 Å². The van der Waals surface area contributed by atoms with Gasteiger partial charge >= 0.3 is 51.4 Å². The third-order valence-electron chi connectivity index (χ3n) is 4.62. The summed E-state index contributed by atoms with van der Waals surface area (Å²) in [7, 11) is 0. The zero-order chi connectivity index (χ0) is 19.4. The molecule has 0 aromatic heterocycles. The molecule has 1 aromatic carbocycles. The molecule has 0 amide bonds. The zero-order valence-electron chi connectivity index (χ0n) is 16.8. The van der Waals surface area contributed by atoms with Gasteiger partial charge in [0, 0.05) is 6.20 Å². The van der Waals surface area contributed by atoms with E-state index in [0.29, 0.717) is 25.2 Å². The summed E-state index contributed by atoms with van der Waals surface area (Å²) < 4.78 is 12.8. The molecule has 0 bridgehead atoms. The van der Waals surface area contributed by atoms with Crippen LogP contribution in [0, 0.1) is 25.6 Å². The Balaban J connectivity index is 0.000000629. The molecule has 1 fully saturated rings. The molecule has 0 spiro atoms. The van der Waals surface area contributed by atoms with Crippen molar-refractivity contribution in [3.63, 3.8) is 0 Å². The van der Waals surface area contributed by atoms with Crippen LogP contribution in [0.1, 0.15) is 51.0 Å². The molecule has 1 aliphatic rings. The van der Waals surface area contributed by atoms with Crippen LogP contribution in [0.4, 0.5) is 4.39 Å². The minimum atomic E-state index is -0.236. The van der Waals surface area contributed by atoms with E-state index in [-0.39, 0.29) is 57.2 Å². The van der Waals surface area contributed by atoms with E-state index in [1.54, 1.807) is 12.1 Å². The van der Waals surface area contributed by atoms with Gasteiger partial charge in [-0.1, -0.05) is 68.5 Å². The maximum Gasteiger partial charge on any atom is 1.00 e. The van der Waals surface area contributed by atoms with Crippen molar-refractivity contribution in [1.82, 2.24) is 0 Å².